The highest BCUT2D eigenvalue weighted by atomic mass is 127. The lowest BCUT2D eigenvalue weighted by molar-refractivity contribution is 0.0368. The van der Waals surface area contributed by atoms with Gasteiger partial charge >= 0.3 is 0 Å². The van der Waals surface area contributed by atoms with Crippen LogP contribution in [-0.4, -0.2) is 62.6 Å². The molecule has 0 spiro atoms. The van der Waals surface area contributed by atoms with E-state index in [0.29, 0.717) is 25.0 Å². The molecule has 0 amide bonds. The third kappa shape index (κ3) is 8.64. The zero-order valence-electron chi connectivity index (χ0n) is 17.1. The first kappa shape index (κ1) is 24.1. The maximum atomic E-state index is 13.5. The third-order valence-electron chi connectivity index (χ3n) is 5.10. The molecule has 0 bridgehead atoms. The van der Waals surface area contributed by atoms with E-state index in [1.54, 1.807) is 12.1 Å². The summed E-state index contributed by atoms with van der Waals surface area (Å²) in [6.45, 7) is 5.87. The maximum absolute atomic E-state index is 13.5. The zero-order valence-corrected chi connectivity index (χ0v) is 19.5. The monoisotopic (exact) mass is 520 g/mol. The van der Waals surface area contributed by atoms with Gasteiger partial charge in [-0.2, -0.15) is 0 Å². The summed E-state index contributed by atoms with van der Waals surface area (Å²) in [5.74, 6) is 1.19. The van der Waals surface area contributed by atoms with Gasteiger partial charge in [0.25, 0.3) is 0 Å². The minimum absolute atomic E-state index is 0. The van der Waals surface area contributed by atoms with E-state index in [2.05, 4.69) is 20.5 Å². The Balaban J connectivity index is 0.00000300. The van der Waals surface area contributed by atoms with Gasteiger partial charge in [0.15, 0.2) is 5.96 Å². The van der Waals surface area contributed by atoms with Crippen molar-refractivity contribution in [1.29, 1.82) is 0 Å². The molecule has 2 atom stereocenters. The van der Waals surface area contributed by atoms with Gasteiger partial charge in [-0.3, -0.25) is 4.99 Å². The second kappa shape index (κ2) is 12.5. The molecule has 6 nitrogen and oxygen atoms in total. The molecule has 2 fully saturated rings. The van der Waals surface area contributed by atoms with Crippen LogP contribution in [-0.2, 0) is 4.74 Å². The fourth-order valence-corrected chi connectivity index (χ4v) is 3.42. The predicted octanol–water partition coefficient (Wildman–Crippen LogP) is 2.76. The maximum Gasteiger partial charge on any atom is 0.191 e. The molecule has 1 aromatic carbocycles. The fraction of sp³-hybridized carbons (Fsp3) is 0.667. The van der Waals surface area contributed by atoms with Crippen LogP contribution in [0.15, 0.2) is 29.3 Å². The van der Waals surface area contributed by atoms with Crippen molar-refractivity contribution in [2.75, 3.05) is 44.3 Å². The molecule has 0 aromatic heterocycles. The summed E-state index contributed by atoms with van der Waals surface area (Å²) in [5.41, 5.74) is 0.914. The number of hydrogen-bond acceptors (Lipinski definition) is 4. The number of piperidine rings is 1. The lowest BCUT2D eigenvalue weighted by Gasteiger charge is -2.35. The van der Waals surface area contributed by atoms with E-state index in [0.717, 1.165) is 44.8 Å². The first-order valence-corrected chi connectivity index (χ1v) is 10.4. The zero-order chi connectivity index (χ0) is 19.8. The van der Waals surface area contributed by atoms with Gasteiger partial charge in [-0.1, -0.05) is 6.07 Å². The van der Waals surface area contributed by atoms with Crippen LogP contribution >= 0.6 is 24.0 Å². The van der Waals surface area contributed by atoms with Gasteiger partial charge in [0.1, 0.15) is 5.82 Å². The molecule has 3 rings (SSSR count). The number of ether oxygens (including phenoxy) is 1. The summed E-state index contributed by atoms with van der Waals surface area (Å²) in [4.78, 5) is 6.72. The van der Waals surface area contributed by atoms with Crippen molar-refractivity contribution in [3.8, 4) is 0 Å². The van der Waals surface area contributed by atoms with E-state index < -0.39 is 6.10 Å². The first-order chi connectivity index (χ1) is 13.6. The quantitative estimate of drug-likeness (QED) is 0.266. The Morgan fingerprint density at radius 3 is 2.93 bits per heavy atom. The number of anilines is 1. The SMILES string of the molecule is CCNC(=NCC(O)COCC1CC1)NC1CCCN(c2cccc(F)c2)C1.I. The molecule has 164 valence electrons. The van der Waals surface area contributed by atoms with Gasteiger partial charge in [-0.25, -0.2) is 4.39 Å². The molecule has 2 unspecified atom stereocenters. The first-order valence-electron chi connectivity index (χ1n) is 10.4. The Labute approximate surface area is 190 Å². The van der Waals surface area contributed by atoms with Gasteiger partial charge in [0.05, 0.1) is 19.3 Å². The van der Waals surface area contributed by atoms with E-state index in [9.17, 15) is 9.50 Å². The predicted molar refractivity (Wildman–Crippen MR) is 126 cm³/mol. The molecule has 8 heteroatoms. The Bertz CT molecular complexity index is 645. The number of rotatable bonds is 9. The summed E-state index contributed by atoms with van der Waals surface area (Å²) in [7, 11) is 0. The molecule has 1 aromatic rings. The number of nitrogens with zero attached hydrogens (tertiary/aromatic N) is 2. The van der Waals surface area contributed by atoms with Crippen molar-refractivity contribution in [3.63, 3.8) is 0 Å². The molecule has 2 aliphatic rings. The highest BCUT2D eigenvalue weighted by Gasteiger charge is 2.22. The van der Waals surface area contributed by atoms with Gasteiger partial charge in [0, 0.05) is 38.0 Å². The summed E-state index contributed by atoms with van der Waals surface area (Å²) >= 11 is 0. The van der Waals surface area contributed by atoms with Crippen LogP contribution in [0, 0.1) is 11.7 Å². The van der Waals surface area contributed by atoms with Crippen LogP contribution in [0.2, 0.25) is 0 Å². The van der Waals surface area contributed by atoms with Gasteiger partial charge in [-0.05, 0) is 56.7 Å². The molecular weight excluding hydrogens is 486 g/mol. The summed E-state index contributed by atoms with van der Waals surface area (Å²) < 4.78 is 19.1. The number of hydrogen-bond donors (Lipinski definition) is 3. The lowest BCUT2D eigenvalue weighted by atomic mass is 10.0. The summed E-state index contributed by atoms with van der Waals surface area (Å²) in [6, 6.07) is 6.97. The molecule has 3 N–H and O–H groups in total. The smallest absolute Gasteiger partial charge is 0.191 e. The summed E-state index contributed by atoms with van der Waals surface area (Å²) in [5, 5.41) is 16.8. The lowest BCUT2D eigenvalue weighted by Crippen LogP contribution is -2.51. The highest BCUT2D eigenvalue weighted by Crippen LogP contribution is 2.28. The van der Waals surface area contributed by atoms with Crippen LogP contribution in [0.1, 0.15) is 32.6 Å². The highest BCUT2D eigenvalue weighted by molar-refractivity contribution is 14.0. The number of aliphatic imine (C=N–C) groups is 1. The van der Waals surface area contributed by atoms with E-state index in [4.69, 9.17) is 4.74 Å². The van der Waals surface area contributed by atoms with Crippen LogP contribution < -0.4 is 15.5 Å². The van der Waals surface area contributed by atoms with Crippen molar-refractivity contribution < 1.29 is 14.2 Å². The number of nitrogens with one attached hydrogen (secondary N) is 2. The molecule has 1 aliphatic carbocycles. The van der Waals surface area contributed by atoms with Gasteiger partial charge in [-0.15, -0.1) is 24.0 Å². The van der Waals surface area contributed by atoms with Crippen LogP contribution in [0.5, 0.6) is 0 Å². The van der Waals surface area contributed by atoms with Crippen LogP contribution in [0.3, 0.4) is 0 Å². The molecule has 29 heavy (non-hydrogen) atoms. The topological polar surface area (TPSA) is 69.1 Å². The molecule has 0 radical (unpaired) electrons. The number of guanidine groups is 1. The van der Waals surface area contributed by atoms with Crippen molar-refractivity contribution in [1.82, 2.24) is 10.6 Å². The number of benzene rings is 1. The standard InChI is InChI=1S/C21H33FN4O2.HI/c1-2-23-21(24-12-20(27)15-28-14-16-8-9-16)25-18-6-4-10-26(13-18)19-7-3-5-17(22)11-19;/h3,5,7,11,16,18,20,27H,2,4,6,8-10,12-15H2,1H3,(H2,23,24,25);1H. The summed E-state index contributed by atoms with van der Waals surface area (Å²) in [6.07, 6.45) is 3.96. The van der Waals surface area contributed by atoms with E-state index in [1.807, 2.05) is 13.0 Å². The second-order valence-corrected chi connectivity index (χ2v) is 7.76. The van der Waals surface area contributed by atoms with E-state index >= 15 is 0 Å². The molecule has 1 saturated carbocycles. The fourth-order valence-electron chi connectivity index (χ4n) is 3.42. The Kier molecular flexibility index (Phi) is 10.4. The average molecular weight is 520 g/mol. The second-order valence-electron chi connectivity index (χ2n) is 7.76. The number of aliphatic hydroxyl groups is 1. The van der Waals surface area contributed by atoms with E-state index in [-0.39, 0.29) is 35.8 Å². The minimum atomic E-state index is -0.593. The number of aliphatic hydroxyl groups excluding tert-OH is 1. The van der Waals surface area contributed by atoms with Crippen molar-refractivity contribution >= 4 is 35.6 Å². The third-order valence-corrected chi connectivity index (χ3v) is 5.10. The Morgan fingerprint density at radius 1 is 1.38 bits per heavy atom. The Hall–Kier alpha value is -1.13. The largest absolute Gasteiger partial charge is 0.389 e. The van der Waals surface area contributed by atoms with Crippen molar-refractivity contribution in [3.05, 3.63) is 30.1 Å². The molecule has 1 saturated heterocycles. The molecule has 1 aliphatic heterocycles. The number of halogens is 2. The van der Waals surface area contributed by atoms with E-state index in [1.165, 1.54) is 18.9 Å². The van der Waals surface area contributed by atoms with Gasteiger partial charge < -0.3 is 25.4 Å². The Morgan fingerprint density at radius 2 is 2.21 bits per heavy atom. The minimum Gasteiger partial charge on any atom is -0.389 e. The van der Waals surface area contributed by atoms with Crippen LogP contribution in [0.4, 0.5) is 10.1 Å². The van der Waals surface area contributed by atoms with Crippen molar-refractivity contribution in [2.45, 2.75) is 44.8 Å². The normalized spacial score (nSPS) is 20.7. The molecule has 1 heterocycles. The van der Waals surface area contributed by atoms with Crippen LogP contribution in [0.25, 0.3) is 0 Å². The van der Waals surface area contributed by atoms with Gasteiger partial charge in [0.2, 0.25) is 0 Å². The van der Waals surface area contributed by atoms with Crippen molar-refractivity contribution in [2.24, 2.45) is 10.9 Å². The average Bonchev–Trinajstić information content (AvgIpc) is 3.51. The molecular formula is C21H34FIN4O2.